The van der Waals surface area contributed by atoms with Gasteiger partial charge in [0.15, 0.2) is 5.03 Å². The Bertz CT molecular complexity index is 1170. The van der Waals surface area contributed by atoms with Gasteiger partial charge in [0.05, 0.1) is 5.69 Å². The van der Waals surface area contributed by atoms with Crippen molar-refractivity contribution in [2.75, 3.05) is 5.32 Å². The molecule has 0 bridgehead atoms. The Hall–Kier alpha value is -3.87. The topological polar surface area (TPSA) is 180 Å². The smallest absolute Gasteiger partial charge is 0.341 e. The van der Waals surface area contributed by atoms with Gasteiger partial charge in [-0.05, 0) is 32.0 Å². The van der Waals surface area contributed by atoms with Crippen molar-refractivity contribution < 1.29 is 23.1 Å². The third-order valence-electron chi connectivity index (χ3n) is 3.56. The fourth-order valence-corrected chi connectivity index (χ4v) is 3.50. The first-order valence-electron chi connectivity index (χ1n) is 8.06. The molecule has 0 atom stereocenters. The molecule has 0 unspecified atom stereocenters. The lowest BCUT2D eigenvalue weighted by molar-refractivity contribution is 0.0693. The molecule has 0 aliphatic heterocycles. The number of aromatic amines is 1. The molecule has 3 aromatic rings. The van der Waals surface area contributed by atoms with E-state index in [2.05, 4.69) is 30.5 Å². The van der Waals surface area contributed by atoms with E-state index in [0.717, 1.165) is 0 Å². The number of hydrogen-bond donors (Lipinski definition) is 4. The van der Waals surface area contributed by atoms with Crippen LogP contribution in [-0.2, 0) is 10.0 Å². The summed E-state index contributed by atoms with van der Waals surface area (Å²) >= 11 is 0. The van der Waals surface area contributed by atoms with Crippen LogP contribution in [0.3, 0.4) is 0 Å². The van der Waals surface area contributed by atoms with Crippen molar-refractivity contribution >= 4 is 28.0 Å². The summed E-state index contributed by atoms with van der Waals surface area (Å²) in [6, 6.07) is 5.17. The number of urea groups is 1. The zero-order chi connectivity index (χ0) is 21.2. The lowest BCUT2D eigenvalue weighted by Crippen LogP contribution is -2.35. The highest BCUT2D eigenvalue weighted by atomic mass is 32.2. The molecule has 3 heterocycles. The van der Waals surface area contributed by atoms with Crippen molar-refractivity contribution in [3.8, 4) is 11.4 Å². The minimum Gasteiger partial charge on any atom is -0.478 e. The van der Waals surface area contributed by atoms with Crippen LogP contribution in [-0.4, -0.2) is 50.7 Å². The van der Waals surface area contributed by atoms with Gasteiger partial charge in [-0.1, -0.05) is 6.07 Å². The molecular formula is C16H15N7O5S. The fraction of sp³-hybridized carbons (Fsp3) is 0.125. The molecule has 0 radical (unpaired) electrons. The number of H-pyrrole nitrogens is 1. The minimum atomic E-state index is -4.61. The molecule has 13 heteroatoms. The molecule has 0 aliphatic carbocycles. The molecule has 0 fully saturated rings. The summed E-state index contributed by atoms with van der Waals surface area (Å²) in [5, 5.41) is 16.8. The number of hydrogen-bond acceptors (Lipinski definition) is 8. The van der Waals surface area contributed by atoms with Crippen molar-refractivity contribution in [3.05, 3.63) is 47.4 Å². The highest BCUT2D eigenvalue weighted by Gasteiger charge is 2.31. The molecule has 0 saturated heterocycles. The van der Waals surface area contributed by atoms with E-state index < -0.39 is 32.6 Å². The third kappa shape index (κ3) is 4.35. The van der Waals surface area contributed by atoms with E-state index >= 15 is 0 Å². The van der Waals surface area contributed by atoms with Crippen LogP contribution in [0.2, 0.25) is 0 Å². The Balaban J connectivity index is 1.90. The van der Waals surface area contributed by atoms with Crippen LogP contribution in [0.15, 0.2) is 35.5 Å². The summed E-state index contributed by atoms with van der Waals surface area (Å²) in [7, 11) is -4.61. The van der Waals surface area contributed by atoms with Gasteiger partial charge in [-0.15, -0.1) is 0 Å². The van der Waals surface area contributed by atoms with Gasteiger partial charge >= 0.3 is 12.0 Å². The number of carboxylic acid groups (broad SMARTS) is 1. The van der Waals surface area contributed by atoms with Crippen molar-refractivity contribution in [2.24, 2.45) is 0 Å². The van der Waals surface area contributed by atoms with Crippen LogP contribution >= 0.6 is 0 Å². The first-order chi connectivity index (χ1) is 13.7. The lowest BCUT2D eigenvalue weighted by atomic mass is 10.2. The van der Waals surface area contributed by atoms with E-state index in [9.17, 15) is 23.1 Å². The quantitative estimate of drug-likeness (QED) is 0.472. The number of aromatic nitrogens is 5. The Labute approximate surface area is 164 Å². The predicted molar refractivity (Wildman–Crippen MR) is 99.6 cm³/mol. The third-order valence-corrected chi connectivity index (χ3v) is 4.84. The van der Waals surface area contributed by atoms with Crippen LogP contribution in [0.25, 0.3) is 11.4 Å². The van der Waals surface area contributed by atoms with E-state index in [1.165, 1.54) is 12.3 Å². The Morgan fingerprint density at radius 2 is 1.83 bits per heavy atom. The normalized spacial score (nSPS) is 11.1. The van der Waals surface area contributed by atoms with Gasteiger partial charge < -0.3 is 5.11 Å². The summed E-state index contributed by atoms with van der Waals surface area (Å²) in [6.45, 7) is 3.36. The van der Waals surface area contributed by atoms with Crippen molar-refractivity contribution in [1.29, 1.82) is 0 Å². The second-order valence-corrected chi connectivity index (χ2v) is 7.45. The van der Waals surface area contributed by atoms with Gasteiger partial charge in [-0.2, -0.15) is 13.5 Å². The minimum absolute atomic E-state index is 0.104. The van der Waals surface area contributed by atoms with Crippen LogP contribution < -0.4 is 10.0 Å². The van der Waals surface area contributed by atoms with E-state index in [-0.39, 0.29) is 17.3 Å². The second-order valence-electron chi connectivity index (χ2n) is 5.83. The molecular weight excluding hydrogens is 402 g/mol. The number of carbonyl (C=O) groups is 2. The summed E-state index contributed by atoms with van der Waals surface area (Å²) < 4.78 is 26.8. The maximum absolute atomic E-state index is 12.6. The Kier molecular flexibility index (Phi) is 5.23. The van der Waals surface area contributed by atoms with Gasteiger partial charge in [-0.3, -0.25) is 15.4 Å². The molecule has 2 amide bonds. The zero-order valence-corrected chi connectivity index (χ0v) is 16.0. The number of nitrogens with one attached hydrogen (secondary N) is 3. The summed E-state index contributed by atoms with van der Waals surface area (Å²) in [4.78, 5) is 35.7. The number of carboxylic acids is 1. The molecule has 0 spiro atoms. The first-order valence-corrected chi connectivity index (χ1v) is 9.55. The standard InChI is InChI=1S/C16H15N7O5S/c1-8-7-9(2)19-15(18-8)20-16(26)23-29(27,28)13-11(14(24)25)12(21-22-13)10-5-3-4-6-17-10/h3-7H,1-2H3,(H,21,22)(H,24,25)(H2,18,19,20,23,26). The highest BCUT2D eigenvalue weighted by molar-refractivity contribution is 7.90. The van der Waals surface area contributed by atoms with Crippen molar-refractivity contribution in [1.82, 2.24) is 29.9 Å². The van der Waals surface area contributed by atoms with Crippen LogP contribution in [0, 0.1) is 13.8 Å². The summed E-state index contributed by atoms with van der Waals surface area (Å²) in [5.74, 6) is -1.66. The molecule has 3 rings (SSSR count). The number of aryl methyl sites for hydroxylation is 2. The largest absolute Gasteiger partial charge is 0.478 e. The number of rotatable bonds is 5. The number of amides is 2. The predicted octanol–water partition coefficient (Wildman–Crippen LogP) is 1.09. The number of nitrogens with zero attached hydrogens (tertiary/aromatic N) is 4. The summed E-state index contributed by atoms with van der Waals surface area (Å²) in [5.41, 5.74) is 0.452. The van der Waals surface area contributed by atoms with Gasteiger partial charge in [0.2, 0.25) is 5.95 Å². The zero-order valence-electron chi connectivity index (χ0n) is 15.2. The van der Waals surface area contributed by atoms with Crippen LogP contribution in [0.4, 0.5) is 10.7 Å². The summed E-state index contributed by atoms with van der Waals surface area (Å²) in [6.07, 6.45) is 1.40. The van der Waals surface area contributed by atoms with Gasteiger partial charge in [-0.25, -0.2) is 24.3 Å². The van der Waals surface area contributed by atoms with E-state index in [4.69, 9.17) is 0 Å². The van der Waals surface area contributed by atoms with Crippen LogP contribution in [0.5, 0.6) is 0 Å². The van der Waals surface area contributed by atoms with Crippen molar-refractivity contribution in [3.63, 3.8) is 0 Å². The molecule has 0 saturated carbocycles. The monoisotopic (exact) mass is 417 g/mol. The van der Waals surface area contributed by atoms with Crippen molar-refractivity contribution in [2.45, 2.75) is 18.9 Å². The molecule has 0 aromatic carbocycles. The average Bonchev–Trinajstić information content (AvgIpc) is 3.07. The number of aromatic carboxylic acids is 1. The molecule has 150 valence electrons. The molecule has 29 heavy (non-hydrogen) atoms. The second kappa shape index (κ2) is 7.63. The van der Waals surface area contributed by atoms with Gasteiger partial charge in [0.1, 0.15) is 11.3 Å². The van der Waals surface area contributed by atoms with Crippen LogP contribution in [0.1, 0.15) is 21.7 Å². The Morgan fingerprint density at radius 1 is 1.14 bits per heavy atom. The molecule has 0 aliphatic rings. The number of carbonyl (C=O) groups excluding carboxylic acids is 1. The SMILES string of the molecule is Cc1cc(C)nc(NC(=O)NS(=O)(=O)c2[nH]nc(-c3ccccn3)c2C(=O)O)n1. The molecule has 4 N–H and O–H groups in total. The van der Waals surface area contributed by atoms with E-state index in [1.54, 1.807) is 36.8 Å². The number of sulfonamides is 1. The van der Waals surface area contributed by atoms with Gasteiger partial charge in [0.25, 0.3) is 10.0 Å². The molecule has 3 aromatic heterocycles. The van der Waals surface area contributed by atoms with E-state index in [1.807, 2.05) is 0 Å². The Morgan fingerprint density at radius 3 is 2.41 bits per heavy atom. The number of anilines is 1. The van der Waals surface area contributed by atoms with E-state index in [0.29, 0.717) is 11.4 Å². The first kappa shape index (κ1) is 19.9. The molecule has 12 nitrogen and oxygen atoms in total. The number of pyridine rings is 1. The maximum atomic E-state index is 12.6. The van der Waals surface area contributed by atoms with Gasteiger partial charge in [0, 0.05) is 17.6 Å². The fourth-order valence-electron chi connectivity index (χ4n) is 2.49. The average molecular weight is 417 g/mol. The maximum Gasteiger partial charge on any atom is 0.341 e. The highest BCUT2D eigenvalue weighted by Crippen LogP contribution is 2.24. The lowest BCUT2D eigenvalue weighted by Gasteiger charge is -2.08.